The highest BCUT2D eigenvalue weighted by molar-refractivity contribution is 5.94. The standard InChI is InChI=1S/C18H20N2O/c19-17-8-6-16(7-9-17)18(21)20-12-10-15(11-13-20)14-4-2-1-3-5-14/h1-9,15H,10-13,19H2. The van der Waals surface area contributed by atoms with E-state index in [4.69, 9.17) is 5.73 Å². The number of amides is 1. The molecule has 3 nitrogen and oxygen atoms in total. The van der Waals surface area contributed by atoms with E-state index in [2.05, 4.69) is 24.3 Å². The third kappa shape index (κ3) is 3.07. The van der Waals surface area contributed by atoms with Crippen LogP contribution in [0.25, 0.3) is 0 Å². The van der Waals surface area contributed by atoms with Crippen LogP contribution in [-0.4, -0.2) is 23.9 Å². The maximum Gasteiger partial charge on any atom is 0.253 e. The van der Waals surface area contributed by atoms with Crippen molar-refractivity contribution in [3.63, 3.8) is 0 Å². The van der Waals surface area contributed by atoms with Gasteiger partial charge in [0.25, 0.3) is 5.91 Å². The predicted octanol–water partition coefficient (Wildman–Crippen LogP) is 3.29. The lowest BCUT2D eigenvalue weighted by molar-refractivity contribution is 0.0713. The van der Waals surface area contributed by atoms with Gasteiger partial charge >= 0.3 is 0 Å². The first-order chi connectivity index (χ1) is 10.2. The first-order valence-corrected chi connectivity index (χ1v) is 7.44. The van der Waals surface area contributed by atoms with Crippen molar-refractivity contribution >= 4 is 11.6 Å². The van der Waals surface area contributed by atoms with Gasteiger partial charge < -0.3 is 10.6 Å². The molecule has 0 aromatic heterocycles. The predicted molar refractivity (Wildman–Crippen MR) is 85.2 cm³/mol. The Hall–Kier alpha value is -2.29. The van der Waals surface area contributed by atoms with Gasteiger partial charge in [-0.15, -0.1) is 0 Å². The summed E-state index contributed by atoms with van der Waals surface area (Å²) >= 11 is 0. The number of hydrogen-bond acceptors (Lipinski definition) is 2. The van der Waals surface area contributed by atoms with Crippen molar-refractivity contribution in [3.05, 3.63) is 65.7 Å². The molecule has 1 heterocycles. The molecule has 1 amide bonds. The molecule has 3 heteroatoms. The first-order valence-electron chi connectivity index (χ1n) is 7.44. The van der Waals surface area contributed by atoms with Crippen molar-refractivity contribution in [3.8, 4) is 0 Å². The molecular formula is C18H20N2O. The van der Waals surface area contributed by atoms with E-state index in [1.807, 2.05) is 11.0 Å². The van der Waals surface area contributed by atoms with Gasteiger partial charge in [-0.1, -0.05) is 30.3 Å². The smallest absolute Gasteiger partial charge is 0.253 e. The van der Waals surface area contributed by atoms with E-state index < -0.39 is 0 Å². The molecule has 3 rings (SSSR count). The summed E-state index contributed by atoms with van der Waals surface area (Å²) in [5.41, 5.74) is 8.46. The highest BCUT2D eigenvalue weighted by Crippen LogP contribution is 2.28. The maximum absolute atomic E-state index is 12.4. The number of benzene rings is 2. The van der Waals surface area contributed by atoms with Gasteiger partial charge in [-0.2, -0.15) is 0 Å². The number of hydrogen-bond donors (Lipinski definition) is 1. The Morgan fingerprint density at radius 3 is 2.19 bits per heavy atom. The van der Waals surface area contributed by atoms with Gasteiger partial charge in [0.15, 0.2) is 0 Å². The summed E-state index contributed by atoms with van der Waals surface area (Å²) in [7, 11) is 0. The Kier molecular flexibility index (Phi) is 3.91. The second-order valence-electron chi connectivity index (χ2n) is 5.60. The molecule has 1 saturated heterocycles. The molecule has 0 spiro atoms. The van der Waals surface area contributed by atoms with Crippen LogP contribution in [0.2, 0.25) is 0 Å². The van der Waals surface area contributed by atoms with Gasteiger partial charge in [0.05, 0.1) is 0 Å². The molecule has 0 radical (unpaired) electrons. The molecule has 0 aliphatic carbocycles. The fourth-order valence-electron chi connectivity index (χ4n) is 2.95. The molecule has 0 saturated carbocycles. The third-order valence-corrected chi connectivity index (χ3v) is 4.21. The van der Waals surface area contributed by atoms with Gasteiger partial charge in [0, 0.05) is 24.3 Å². The van der Waals surface area contributed by atoms with Gasteiger partial charge in [0.1, 0.15) is 0 Å². The monoisotopic (exact) mass is 280 g/mol. The molecular weight excluding hydrogens is 260 g/mol. The van der Waals surface area contributed by atoms with Crippen molar-refractivity contribution < 1.29 is 4.79 Å². The zero-order chi connectivity index (χ0) is 14.7. The highest BCUT2D eigenvalue weighted by atomic mass is 16.2. The van der Waals surface area contributed by atoms with Gasteiger partial charge in [-0.25, -0.2) is 0 Å². The lowest BCUT2D eigenvalue weighted by Crippen LogP contribution is -2.37. The van der Waals surface area contributed by atoms with Crippen LogP contribution < -0.4 is 5.73 Å². The van der Waals surface area contributed by atoms with E-state index in [1.165, 1.54) is 5.56 Å². The summed E-state index contributed by atoms with van der Waals surface area (Å²) in [5.74, 6) is 0.683. The number of nitrogen functional groups attached to an aromatic ring is 1. The third-order valence-electron chi connectivity index (χ3n) is 4.21. The largest absolute Gasteiger partial charge is 0.399 e. The molecule has 2 aromatic carbocycles. The van der Waals surface area contributed by atoms with Crippen LogP contribution in [-0.2, 0) is 0 Å². The fourth-order valence-corrected chi connectivity index (χ4v) is 2.95. The quantitative estimate of drug-likeness (QED) is 0.858. The van der Waals surface area contributed by atoms with Crippen LogP contribution in [0.5, 0.6) is 0 Å². The van der Waals surface area contributed by atoms with E-state index in [-0.39, 0.29) is 5.91 Å². The lowest BCUT2D eigenvalue weighted by atomic mass is 9.89. The van der Waals surface area contributed by atoms with Crippen molar-refractivity contribution in [2.45, 2.75) is 18.8 Å². The molecule has 1 aliphatic rings. The molecule has 0 unspecified atom stereocenters. The zero-order valence-corrected chi connectivity index (χ0v) is 12.0. The van der Waals surface area contributed by atoms with Crippen molar-refractivity contribution in [1.82, 2.24) is 4.90 Å². The molecule has 0 atom stereocenters. The van der Waals surface area contributed by atoms with Crippen LogP contribution in [0, 0.1) is 0 Å². The van der Waals surface area contributed by atoms with E-state index in [0.29, 0.717) is 11.6 Å². The molecule has 0 bridgehead atoms. The van der Waals surface area contributed by atoms with Gasteiger partial charge in [-0.3, -0.25) is 4.79 Å². The molecule has 21 heavy (non-hydrogen) atoms. The number of carbonyl (C=O) groups excluding carboxylic acids is 1. The van der Waals surface area contributed by atoms with Crippen molar-refractivity contribution in [1.29, 1.82) is 0 Å². The number of rotatable bonds is 2. The normalized spacial score (nSPS) is 15.9. The number of likely N-dealkylation sites (tertiary alicyclic amines) is 1. The Morgan fingerprint density at radius 1 is 0.952 bits per heavy atom. The number of nitrogens with two attached hydrogens (primary N) is 1. The average molecular weight is 280 g/mol. The fraction of sp³-hybridized carbons (Fsp3) is 0.278. The molecule has 1 fully saturated rings. The van der Waals surface area contributed by atoms with Crippen LogP contribution in [0.15, 0.2) is 54.6 Å². The SMILES string of the molecule is Nc1ccc(C(=O)N2CCC(c3ccccc3)CC2)cc1. The second kappa shape index (κ2) is 6.00. The summed E-state index contributed by atoms with van der Waals surface area (Å²) in [6, 6.07) is 17.8. The van der Waals surface area contributed by atoms with Crippen LogP contribution in [0.3, 0.4) is 0 Å². The number of nitrogens with zero attached hydrogens (tertiary/aromatic N) is 1. The van der Waals surface area contributed by atoms with Crippen molar-refractivity contribution in [2.24, 2.45) is 0 Å². The molecule has 2 aromatic rings. The molecule has 1 aliphatic heterocycles. The van der Waals surface area contributed by atoms with Crippen molar-refractivity contribution in [2.75, 3.05) is 18.8 Å². The topological polar surface area (TPSA) is 46.3 Å². The van der Waals surface area contributed by atoms with Crippen LogP contribution >= 0.6 is 0 Å². The Labute approximate surface area is 125 Å². The average Bonchev–Trinajstić information content (AvgIpc) is 2.56. The van der Waals surface area contributed by atoms with Gasteiger partial charge in [0.2, 0.25) is 0 Å². The minimum absolute atomic E-state index is 0.113. The Balaban J connectivity index is 1.63. The van der Waals surface area contributed by atoms with E-state index in [1.54, 1.807) is 24.3 Å². The zero-order valence-electron chi connectivity index (χ0n) is 12.0. The highest BCUT2D eigenvalue weighted by Gasteiger charge is 2.24. The minimum atomic E-state index is 0.113. The summed E-state index contributed by atoms with van der Waals surface area (Å²) in [6.45, 7) is 1.64. The van der Waals surface area contributed by atoms with E-state index >= 15 is 0 Å². The summed E-state index contributed by atoms with van der Waals surface area (Å²) in [4.78, 5) is 14.4. The molecule has 108 valence electrons. The molecule has 2 N–H and O–H groups in total. The Bertz CT molecular complexity index is 599. The van der Waals surface area contributed by atoms with E-state index in [0.717, 1.165) is 31.5 Å². The summed E-state index contributed by atoms with van der Waals surface area (Å²) in [5, 5.41) is 0. The Morgan fingerprint density at radius 2 is 1.57 bits per heavy atom. The number of piperidine rings is 1. The minimum Gasteiger partial charge on any atom is -0.399 e. The summed E-state index contributed by atoms with van der Waals surface area (Å²) in [6.07, 6.45) is 2.06. The first kappa shape index (κ1) is 13.7. The van der Waals surface area contributed by atoms with E-state index in [9.17, 15) is 4.79 Å². The maximum atomic E-state index is 12.4. The number of carbonyl (C=O) groups is 1. The second-order valence-corrected chi connectivity index (χ2v) is 5.60. The van der Waals surface area contributed by atoms with Crippen LogP contribution in [0.4, 0.5) is 5.69 Å². The lowest BCUT2D eigenvalue weighted by Gasteiger charge is -2.32. The van der Waals surface area contributed by atoms with Gasteiger partial charge in [-0.05, 0) is 48.6 Å². The number of anilines is 1. The summed E-state index contributed by atoms with van der Waals surface area (Å²) < 4.78 is 0. The van der Waals surface area contributed by atoms with Crippen LogP contribution in [0.1, 0.15) is 34.7 Å².